The minimum Gasteiger partial charge on any atom is -0.497 e. The minimum absolute atomic E-state index is 0.0625. The van der Waals surface area contributed by atoms with Crippen LogP contribution in [0, 0.1) is 5.41 Å². The van der Waals surface area contributed by atoms with Crippen LogP contribution in [0.25, 0.3) is 0 Å². The molecule has 0 aliphatic carbocycles. The topological polar surface area (TPSA) is 83.0 Å². The van der Waals surface area contributed by atoms with E-state index in [1.54, 1.807) is 13.3 Å². The fraction of sp³-hybridized carbons (Fsp3) is 0.611. The summed E-state index contributed by atoms with van der Waals surface area (Å²) in [5, 5.41) is 9.42. The molecule has 136 valence electrons. The minimum atomic E-state index is -0.893. The average Bonchev–Trinajstić information content (AvgIpc) is 2.98. The third-order valence-electron chi connectivity index (χ3n) is 5.52. The Kier molecular flexibility index (Phi) is 4.94. The lowest BCUT2D eigenvalue weighted by molar-refractivity contribution is -0.147. The third-order valence-corrected chi connectivity index (χ3v) is 5.52. The zero-order valence-corrected chi connectivity index (χ0v) is 14.8. The van der Waals surface area contributed by atoms with Gasteiger partial charge in [0.25, 0.3) is 0 Å². The number of hydrogen-bond donors (Lipinski definition) is 1. The summed E-state index contributed by atoms with van der Waals surface area (Å²) in [6.07, 6.45) is 4.13. The van der Waals surface area contributed by atoms with Crippen LogP contribution in [-0.2, 0) is 16.1 Å². The van der Waals surface area contributed by atoms with Crippen molar-refractivity contribution in [1.82, 2.24) is 14.8 Å². The van der Waals surface area contributed by atoms with Gasteiger partial charge in [0.05, 0.1) is 12.8 Å². The Hall–Kier alpha value is -2.15. The van der Waals surface area contributed by atoms with Crippen molar-refractivity contribution in [3.05, 3.63) is 24.0 Å². The molecule has 1 unspecified atom stereocenters. The molecule has 0 bridgehead atoms. The van der Waals surface area contributed by atoms with Gasteiger partial charge in [-0.3, -0.25) is 14.7 Å². The molecule has 2 fully saturated rings. The highest BCUT2D eigenvalue weighted by Gasteiger charge is 2.49. The maximum atomic E-state index is 11.8. The number of carboxylic acids is 1. The maximum Gasteiger partial charge on any atom is 0.326 e. The molecule has 3 rings (SSSR count). The zero-order valence-electron chi connectivity index (χ0n) is 14.8. The van der Waals surface area contributed by atoms with Crippen molar-refractivity contribution in [2.45, 2.75) is 38.8 Å². The van der Waals surface area contributed by atoms with Crippen molar-refractivity contribution in [3.63, 3.8) is 0 Å². The molecule has 7 heteroatoms. The first-order valence-electron chi connectivity index (χ1n) is 8.64. The number of carboxylic acid groups (broad SMARTS) is 1. The summed E-state index contributed by atoms with van der Waals surface area (Å²) in [6, 6.07) is 3.09. The number of amides is 1. The first-order valence-corrected chi connectivity index (χ1v) is 8.64. The first kappa shape index (κ1) is 17.7. The van der Waals surface area contributed by atoms with Gasteiger partial charge in [0, 0.05) is 32.3 Å². The molecule has 1 aromatic rings. The van der Waals surface area contributed by atoms with Gasteiger partial charge in [0.1, 0.15) is 11.8 Å². The zero-order chi connectivity index (χ0) is 18.0. The third kappa shape index (κ3) is 3.76. The fourth-order valence-electron chi connectivity index (χ4n) is 4.05. The van der Waals surface area contributed by atoms with E-state index in [4.69, 9.17) is 4.74 Å². The normalized spacial score (nSPS) is 23.0. The Balaban J connectivity index is 1.61. The smallest absolute Gasteiger partial charge is 0.326 e. The van der Waals surface area contributed by atoms with E-state index in [-0.39, 0.29) is 11.3 Å². The molecule has 1 atom stereocenters. The van der Waals surface area contributed by atoms with E-state index in [0.717, 1.165) is 43.9 Å². The summed E-state index contributed by atoms with van der Waals surface area (Å²) in [5.41, 5.74) is 0.906. The lowest BCUT2D eigenvalue weighted by Crippen LogP contribution is -2.42. The number of piperidine rings is 1. The molecule has 0 aromatic carbocycles. The Bertz CT molecular complexity index is 631. The molecule has 25 heavy (non-hydrogen) atoms. The number of hydrogen-bond acceptors (Lipinski definition) is 5. The van der Waals surface area contributed by atoms with E-state index >= 15 is 0 Å². The van der Waals surface area contributed by atoms with Crippen molar-refractivity contribution in [2.24, 2.45) is 5.41 Å². The molecule has 1 spiro atoms. The molecular weight excluding hydrogens is 322 g/mol. The van der Waals surface area contributed by atoms with Crippen molar-refractivity contribution in [2.75, 3.05) is 26.7 Å². The Morgan fingerprint density at radius 3 is 2.68 bits per heavy atom. The van der Waals surface area contributed by atoms with E-state index < -0.39 is 12.0 Å². The van der Waals surface area contributed by atoms with E-state index in [9.17, 15) is 14.7 Å². The monoisotopic (exact) mass is 347 g/mol. The second-order valence-corrected chi connectivity index (χ2v) is 7.17. The molecule has 2 aliphatic heterocycles. The van der Waals surface area contributed by atoms with Crippen LogP contribution in [-0.4, -0.2) is 64.6 Å². The highest BCUT2D eigenvalue weighted by atomic mass is 16.5. The van der Waals surface area contributed by atoms with Gasteiger partial charge in [0.2, 0.25) is 5.91 Å². The average molecular weight is 347 g/mol. The molecule has 2 aliphatic rings. The van der Waals surface area contributed by atoms with Gasteiger partial charge < -0.3 is 14.7 Å². The standard InChI is InChI=1S/C18H25N3O4/c1-13(22)21-12-18(10-16(21)17(23)24)4-7-20(8-5-18)11-14-9-15(25-2)3-6-19-14/h3,6,9,16H,4-5,7-8,10-12H2,1-2H3,(H,23,24). The van der Waals surface area contributed by atoms with Crippen LogP contribution in [0.2, 0.25) is 0 Å². The molecule has 3 heterocycles. The van der Waals surface area contributed by atoms with E-state index in [2.05, 4.69) is 9.88 Å². The molecule has 1 N–H and O–H groups in total. The van der Waals surface area contributed by atoms with E-state index in [1.165, 1.54) is 11.8 Å². The summed E-state index contributed by atoms with van der Waals surface area (Å²) in [7, 11) is 1.64. The molecular formula is C18H25N3O4. The summed E-state index contributed by atoms with van der Waals surface area (Å²) in [6.45, 7) is 4.54. The highest BCUT2D eigenvalue weighted by molar-refractivity contribution is 5.83. The van der Waals surface area contributed by atoms with Crippen molar-refractivity contribution in [3.8, 4) is 5.75 Å². The number of likely N-dealkylation sites (tertiary alicyclic amines) is 2. The van der Waals surface area contributed by atoms with Crippen LogP contribution >= 0.6 is 0 Å². The van der Waals surface area contributed by atoms with Gasteiger partial charge in [-0.15, -0.1) is 0 Å². The van der Waals surface area contributed by atoms with Crippen molar-refractivity contribution >= 4 is 11.9 Å². The number of carbonyl (C=O) groups excluding carboxylic acids is 1. The molecule has 1 aromatic heterocycles. The van der Waals surface area contributed by atoms with Crippen LogP contribution < -0.4 is 4.74 Å². The molecule has 0 saturated carbocycles. The van der Waals surface area contributed by atoms with Crippen LogP contribution in [0.3, 0.4) is 0 Å². The van der Waals surface area contributed by atoms with Gasteiger partial charge in [-0.2, -0.15) is 0 Å². The van der Waals surface area contributed by atoms with Crippen molar-refractivity contribution in [1.29, 1.82) is 0 Å². The summed E-state index contributed by atoms with van der Waals surface area (Å²) >= 11 is 0. The van der Waals surface area contributed by atoms with E-state index in [1.807, 2.05) is 12.1 Å². The Morgan fingerprint density at radius 1 is 1.40 bits per heavy atom. The second kappa shape index (κ2) is 7.00. The van der Waals surface area contributed by atoms with E-state index in [0.29, 0.717) is 13.0 Å². The molecule has 1 amide bonds. The largest absolute Gasteiger partial charge is 0.497 e. The SMILES string of the molecule is COc1ccnc(CN2CCC3(CC2)CC(C(=O)O)N(C(C)=O)C3)c1. The van der Waals surface area contributed by atoms with Gasteiger partial charge in [-0.25, -0.2) is 4.79 Å². The van der Waals surface area contributed by atoms with Gasteiger partial charge in [-0.1, -0.05) is 0 Å². The number of carbonyl (C=O) groups is 2. The number of aromatic nitrogens is 1. The summed E-state index contributed by atoms with van der Waals surface area (Å²) in [4.78, 5) is 31.5. The van der Waals surface area contributed by atoms with Crippen LogP contribution in [0.4, 0.5) is 0 Å². The van der Waals surface area contributed by atoms with Crippen molar-refractivity contribution < 1.29 is 19.4 Å². The fourth-order valence-corrected chi connectivity index (χ4v) is 4.05. The number of methoxy groups -OCH3 is 1. The first-order chi connectivity index (χ1) is 11.9. The molecule has 7 nitrogen and oxygen atoms in total. The predicted octanol–water partition coefficient (Wildman–Crippen LogP) is 1.38. The number of aliphatic carboxylic acids is 1. The lowest BCUT2D eigenvalue weighted by atomic mass is 9.76. The number of pyridine rings is 1. The van der Waals surface area contributed by atoms with Gasteiger partial charge in [0.15, 0.2) is 0 Å². The number of nitrogens with zero attached hydrogens (tertiary/aromatic N) is 3. The molecule has 0 radical (unpaired) electrons. The van der Waals surface area contributed by atoms with Crippen LogP contribution in [0.5, 0.6) is 5.75 Å². The molecule has 2 saturated heterocycles. The Morgan fingerprint density at radius 2 is 2.12 bits per heavy atom. The van der Waals surface area contributed by atoms with Gasteiger partial charge >= 0.3 is 5.97 Å². The lowest BCUT2D eigenvalue weighted by Gasteiger charge is -2.39. The quantitative estimate of drug-likeness (QED) is 0.886. The van der Waals surface area contributed by atoms with Gasteiger partial charge in [-0.05, 0) is 43.8 Å². The highest BCUT2D eigenvalue weighted by Crippen LogP contribution is 2.43. The second-order valence-electron chi connectivity index (χ2n) is 7.17. The summed E-state index contributed by atoms with van der Waals surface area (Å²) < 4.78 is 5.24. The Labute approximate surface area is 147 Å². The number of ether oxygens (including phenoxy) is 1. The predicted molar refractivity (Wildman–Crippen MR) is 91.2 cm³/mol. The van der Waals surface area contributed by atoms with Crippen LogP contribution in [0.1, 0.15) is 31.9 Å². The number of rotatable bonds is 4. The summed E-state index contributed by atoms with van der Waals surface area (Å²) in [5.74, 6) is -0.238. The maximum absolute atomic E-state index is 11.8. The van der Waals surface area contributed by atoms with Crippen LogP contribution in [0.15, 0.2) is 18.3 Å².